The molecule has 2 atom stereocenters. The van der Waals surface area contributed by atoms with Gasteiger partial charge in [-0.15, -0.1) is 0 Å². The molecule has 2 aromatic rings. The van der Waals surface area contributed by atoms with Gasteiger partial charge >= 0.3 is 5.97 Å². The van der Waals surface area contributed by atoms with Crippen LogP contribution in [0.5, 0.6) is 17.2 Å². The number of para-hydroxylation sites is 1. The van der Waals surface area contributed by atoms with Gasteiger partial charge in [0.1, 0.15) is 0 Å². The Morgan fingerprint density at radius 2 is 2.00 bits per heavy atom. The maximum Gasteiger partial charge on any atom is 0.305 e. The average Bonchev–Trinajstić information content (AvgIpc) is 3.12. The van der Waals surface area contributed by atoms with E-state index in [4.69, 9.17) is 14.2 Å². The summed E-state index contributed by atoms with van der Waals surface area (Å²) in [5.41, 5.74) is 1.14. The van der Waals surface area contributed by atoms with Gasteiger partial charge in [-0.05, 0) is 23.8 Å². The van der Waals surface area contributed by atoms with Crippen molar-refractivity contribution in [3.8, 4) is 17.2 Å². The van der Waals surface area contributed by atoms with Crippen LogP contribution in [-0.4, -0.2) is 37.3 Å². The second-order valence-corrected chi connectivity index (χ2v) is 6.31. The number of carboxylic acid groups (broad SMARTS) is 1. The van der Waals surface area contributed by atoms with E-state index >= 15 is 0 Å². The Bertz CT molecular complexity index is 900. The molecule has 0 bridgehead atoms. The first-order valence-electron chi connectivity index (χ1n) is 8.61. The summed E-state index contributed by atoms with van der Waals surface area (Å²) in [5.74, 6) is -1.18. The molecule has 0 saturated heterocycles. The Kier molecular flexibility index (Phi) is 5.67. The lowest BCUT2D eigenvalue weighted by atomic mass is 10.0. The van der Waals surface area contributed by atoms with E-state index in [9.17, 15) is 19.1 Å². The molecule has 148 valence electrons. The molecule has 3 rings (SSSR count). The minimum atomic E-state index is -1.08. The first-order valence-corrected chi connectivity index (χ1v) is 8.61. The summed E-state index contributed by atoms with van der Waals surface area (Å²) >= 11 is 0. The molecule has 0 spiro atoms. The fourth-order valence-electron chi connectivity index (χ4n) is 3.14. The molecular formula is C20H20FNO6. The zero-order valence-corrected chi connectivity index (χ0v) is 15.4. The first kappa shape index (κ1) is 19.5. The molecule has 28 heavy (non-hydrogen) atoms. The molecule has 2 aromatic carbocycles. The van der Waals surface area contributed by atoms with E-state index in [1.54, 1.807) is 30.3 Å². The number of ether oxygens (including phenoxy) is 3. The number of amides is 1. The van der Waals surface area contributed by atoms with Crippen LogP contribution in [0.25, 0.3) is 0 Å². The van der Waals surface area contributed by atoms with Crippen molar-refractivity contribution < 1.29 is 33.3 Å². The SMILES string of the molecule is COc1ccc([C@H](CC(=O)O)NC(=O)[C@H]2Cc3cccc(F)c3O2)cc1OC. The van der Waals surface area contributed by atoms with Gasteiger partial charge in [0.2, 0.25) is 0 Å². The molecule has 0 aromatic heterocycles. The van der Waals surface area contributed by atoms with Crippen LogP contribution in [0.2, 0.25) is 0 Å². The Balaban J connectivity index is 1.79. The zero-order chi connectivity index (χ0) is 20.3. The molecular weight excluding hydrogens is 369 g/mol. The number of methoxy groups -OCH3 is 2. The molecule has 1 amide bonds. The van der Waals surface area contributed by atoms with Crippen molar-refractivity contribution in [1.29, 1.82) is 0 Å². The standard InChI is InChI=1S/C20H20FNO6/c1-26-15-7-6-11(8-16(15)27-2)14(10-18(23)24)22-20(25)17-9-12-4-3-5-13(21)19(12)28-17/h3-8,14,17H,9-10H2,1-2H3,(H,22,25)(H,23,24)/t14-,17+/m0/s1. The van der Waals surface area contributed by atoms with Gasteiger partial charge in [0.25, 0.3) is 5.91 Å². The van der Waals surface area contributed by atoms with Crippen LogP contribution in [0.1, 0.15) is 23.6 Å². The monoisotopic (exact) mass is 389 g/mol. The Labute approximate surface area is 161 Å². The number of nitrogens with one attached hydrogen (secondary N) is 1. The maximum absolute atomic E-state index is 13.8. The van der Waals surface area contributed by atoms with E-state index in [0.29, 0.717) is 22.6 Å². The van der Waals surface area contributed by atoms with E-state index < -0.39 is 29.8 Å². The number of halogens is 1. The summed E-state index contributed by atoms with van der Waals surface area (Å²) < 4.78 is 29.7. The number of benzene rings is 2. The number of rotatable bonds is 7. The van der Waals surface area contributed by atoms with Crippen molar-refractivity contribution in [2.75, 3.05) is 14.2 Å². The summed E-state index contributed by atoms with van der Waals surface area (Å²) in [6.07, 6.45) is -1.05. The third kappa shape index (κ3) is 4.00. The van der Waals surface area contributed by atoms with E-state index in [0.717, 1.165) is 0 Å². The second-order valence-electron chi connectivity index (χ2n) is 6.31. The molecule has 0 unspecified atom stereocenters. The second kappa shape index (κ2) is 8.16. The fraction of sp³-hybridized carbons (Fsp3) is 0.300. The number of carbonyl (C=O) groups excluding carboxylic acids is 1. The van der Waals surface area contributed by atoms with Crippen LogP contribution < -0.4 is 19.5 Å². The van der Waals surface area contributed by atoms with Crippen molar-refractivity contribution in [3.05, 3.63) is 53.3 Å². The highest BCUT2D eigenvalue weighted by atomic mass is 19.1. The number of carboxylic acids is 1. The van der Waals surface area contributed by atoms with Gasteiger partial charge in [-0.3, -0.25) is 9.59 Å². The molecule has 0 saturated carbocycles. The van der Waals surface area contributed by atoms with Crippen LogP contribution in [0, 0.1) is 5.82 Å². The molecule has 0 aliphatic carbocycles. The van der Waals surface area contributed by atoms with Crippen LogP contribution in [-0.2, 0) is 16.0 Å². The molecule has 2 N–H and O–H groups in total. The highest BCUT2D eigenvalue weighted by Gasteiger charge is 2.33. The van der Waals surface area contributed by atoms with Gasteiger partial charge in [-0.25, -0.2) is 4.39 Å². The molecule has 8 heteroatoms. The van der Waals surface area contributed by atoms with Gasteiger partial charge in [-0.1, -0.05) is 18.2 Å². The minimum Gasteiger partial charge on any atom is -0.493 e. The number of fused-ring (bicyclic) bond motifs is 1. The van der Waals surface area contributed by atoms with E-state index in [2.05, 4.69) is 5.32 Å². The Morgan fingerprint density at radius 1 is 1.25 bits per heavy atom. The highest BCUT2D eigenvalue weighted by Crippen LogP contribution is 2.33. The summed E-state index contributed by atoms with van der Waals surface area (Å²) in [6.45, 7) is 0. The Hall–Kier alpha value is -3.29. The average molecular weight is 389 g/mol. The van der Waals surface area contributed by atoms with Crippen LogP contribution in [0.15, 0.2) is 36.4 Å². The topological polar surface area (TPSA) is 94.1 Å². The number of carbonyl (C=O) groups is 2. The zero-order valence-electron chi connectivity index (χ0n) is 15.4. The van der Waals surface area contributed by atoms with Gasteiger partial charge < -0.3 is 24.6 Å². The maximum atomic E-state index is 13.8. The summed E-state index contributed by atoms with van der Waals surface area (Å²) in [7, 11) is 2.95. The lowest BCUT2D eigenvalue weighted by molar-refractivity contribution is -0.138. The summed E-state index contributed by atoms with van der Waals surface area (Å²) in [6, 6.07) is 8.57. The smallest absolute Gasteiger partial charge is 0.305 e. The first-order chi connectivity index (χ1) is 13.4. The lowest BCUT2D eigenvalue weighted by Crippen LogP contribution is -2.40. The van der Waals surface area contributed by atoms with Crippen molar-refractivity contribution >= 4 is 11.9 Å². The third-order valence-electron chi connectivity index (χ3n) is 4.51. The van der Waals surface area contributed by atoms with E-state index in [1.165, 1.54) is 20.3 Å². The van der Waals surface area contributed by atoms with Gasteiger partial charge in [0.15, 0.2) is 29.2 Å². The molecule has 1 aliphatic rings. The minimum absolute atomic E-state index is 0.0588. The van der Waals surface area contributed by atoms with Gasteiger partial charge in [0.05, 0.1) is 26.7 Å². The third-order valence-corrected chi connectivity index (χ3v) is 4.51. The van der Waals surface area contributed by atoms with Gasteiger partial charge in [0, 0.05) is 12.0 Å². The van der Waals surface area contributed by atoms with Crippen LogP contribution in [0.4, 0.5) is 4.39 Å². The quantitative estimate of drug-likeness (QED) is 0.756. The van der Waals surface area contributed by atoms with Crippen molar-refractivity contribution in [1.82, 2.24) is 5.32 Å². The normalized spacial score (nSPS) is 15.9. The number of hydrogen-bond donors (Lipinski definition) is 2. The van der Waals surface area contributed by atoms with Crippen LogP contribution in [0.3, 0.4) is 0 Å². The summed E-state index contributed by atoms with van der Waals surface area (Å²) in [4.78, 5) is 24.0. The molecule has 1 heterocycles. The molecule has 0 radical (unpaired) electrons. The van der Waals surface area contributed by atoms with Gasteiger partial charge in [-0.2, -0.15) is 0 Å². The van der Waals surface area contributed by atoms with E-state index in [1.807, 2.05) is 0 Å². The number of hydrogen-bond acceptors (Lipinski definition) is 5. The predicted octanol–water partition coefficient (Wildman–Crippen LogP) is 2.48. The van der Waals surface area contributed by atoms with Crippen molar-refractivity contribution in [2.45, 2.75) is 25.0 Å². The number of aliphatic carboxylic acids is 1. The Morgan fingerprint density at radius 3 is 2.64 bits per heavy atom. The van der Waals surface area contributed by atoms with E-state index in [-0.39, 0.29) is 18.6 Å². The molecule has 7 nitrogen and oxygen atoms in total. The largest absolute Gasteiger partial charge is 0.493 e. The van der Waals surface area contributed by atoms with Crippen molar-refractivity contribution in [2.24, 2.45) is 0 Å². The lowest BCUT2D eigenvalue weighted by Gasteiger charge is -2.21. The summed E-state index contributed by atoms with van der Waals surface area (Å²) in [5, 5.41) is 11.9. The molecule has 0 fully saturated rings. The highest BCUT2D eigenvalue weighted by molar-refractivity contribution is 5.83. The predicted molar refractivity (Wildman–Crippen MR) is 97.2 cm³/mol. The van der Waals surface area contributed by atoms with Crippen LogP contribution >= 0.6 is 0 Å². The van der Waals surface area contributed by atoms with Crippen molar-refractivity contribution in [3.63, 3.8) is 0 Å². The fourth-order valence-corrected chi connectivity index (χ4v) is 3.14. The molecule has 1 aliphatic heterocycles.